The summed E-state index contributed by atoms with van der Waals surface area (Å²) in [5.41, 5.74) is -0.474. The molecule has 1 aliphatic rings. The molecular weight excluding hydrogens is 472 g/mol. The van der Waals surface area contributed by atoms with Crippen molar-refractivity contribution in [3.8, 4) is 11.1 Å². The van der Waals surface area contributed by atoms with Gasteiger partial charge in [-0.25, -0.2) is 31.3 Å². The average Bonchev–Trinajstić information content (AvgIpc) is 2.98. The monoisotopic (exact) mass is 500 g/mol. The van der Waals surface area contributed by atoms with Gasteiger partial charge >= 0.3 is 6.09 Å². The number of likely N-dealkylation sites (tertiary alicyclic amines) is 1. The van der Waals surface area contributed by atoms with Gasteiger partial charge in [0.15, 0.2) is 0 Å². The number of benzene rings is 2. The number of nitrogens with one attached hydrogen (secondary N) is 1. The number of carbonyl (C=O) groups is 1. The first-order chi connectivity index (χ1) is 15.8. The van der Waals surface area contributed by atoms with E-state index in [0.29, 0.717) is 5.56 Å². The summed E-state index contributed by atoms with van der Waals surface area (Å²) in [5, 5.41) is 0. The standard InChI is InChI=1S/C24H28F4N2O3S/c1-5-34(32)29-21-19(30(14-24(21,27)28)22(31)33-23(2,3)4)13-16-9-7-11-18(20(16)26)15-8-6-10-17(25)12-15/h6-12,19,21,29H,5,13-14H2,1-4H3/t19-,21+,34?/m0/s1. The fraction of sp³-hybridized carbons (Fsp3) is 0.458. The molecule has 10 heteroatoms. The number of carbonyl (C=O) groups excluding carboxylic acids is 1. The predicted molar refractivity (Wildman–Crippen MR) is 123 cm³/mol. The van der Waals surface area contributed by atoms with E-state index in [0.717, 1.165) is 4.90 Å². The van der Waals surface area contributed by atoms with Crippen molar-refractivity contribution in [3.05, 3.63) is 59.7 Å². The lowest BCUT2D eigenvalue weighted by Gasteiger charge is -2.30. The third kappa shape index (κ3) is 5.96. The Kier molecular flexibility index (Phi) is 7.72. The third-order valence-corrected chi connectivity index (χ3v) is 6.45. The Bertz CT molecular complexity index is 1070. The molecule has 1 N–H and O–H groups in total. The molecule has 186 valence electrons. The van der Waals surface area contributed by atoms with Crippen molar-refractivity contribution < 1.29 is 31.3 Å². The molecule has 1 heterocycles. The first kappa shape index (κ1) is 26.2. The van der Waals surface area contributed by atoms with E-state index in [1.165, 1.54) is 42.5 Å². The van der Waals surface area contributed by atoms with Crippen molar-refractivity contribution in [1.82, 2.24) is 9.62 Å². The molecule has 1 saturated heterocycles. The summed E-state index contributed by atoms with van der Waals surface area (Å²) in [6, 6.07) is 6.89. The van der Waals surface area contributed by atoms with Crippen LogP contribution in [0, 0.1) is 11.6 Å². The average molecular weight is 501 g/mol. The highest BCUT2D eigenvalue weighted by Gasteiger charge is 2.57. The number of rotatable bonds is 6. The molecule has 2 aromatic carbocycles. The maximum absolute atomic E-state index is 15.5. The molecular formula is C24H28F4N2O3S. The molecule has 0 spiro atoms. The van der Waals surface area contributed by atoms with E-state index in [1.54, 1.807) is 27.7 Å². The van der Waals surface area contributed by atoms with Crippen LogP contribution in [0.15, 0.2) is 42.5 Å². The first-order valence-corrected chi connectivity index (χ1v) is 12.2. The summed E-state index contributed by atoms with van der Waals surface area (Å²) in [6.07, 6.45) is -1.26. The van der Waals surface area contributed by atoms with E-state index in [2.05, 4.69) is 4.72 Å². The van der Waals surface area contributed by atoms with Crippen LogP contribution in [-0.2, 0) is 22.1 Å². The Balaban J connectivity index is 2.01. The Morgan fingerprint density at radius 2 is 1.88 bits per heavy atom. The molecule has 3 rings (SSSR count). The highest BCUT2D eigenvalue weighted by atomic mass is 32.2. The number of halogens is 4. The molecule has 1 aliphatic heterocycles. The van der Waals surface area contributed by atoms with Crippen LogP contribution in [0.1, 0.15) is 33.3 Å². The molecule has 0 radical (unpaired) electrons. The van der Waals surface area contributed by atoms with Gasteiger partial charge in [0.1, 0.15) is 23.3 Å². The smallest absolute Gasteiger partial charge is 0.410 e. The van der Waals surface area contributed by atoms with Gasteiger partial charge in [0.2, 0.25) is 0 Å². The summed E-state index contributed by atoms with van der Waals surface area (Å²) in [4.78, 5) is 13.7. The number of ether oxygens (including phenoxy) is 1. The largest absolute Gasteiger partial charge is 0.444 e. The lowest BCUT2D eigenvalue weighted by Crippen LogP contribution is -2.51. The molecule has 0 saturated carbocycles. The number of nitrogens with zero attached hydrogens (tertiary/aromatic N) is 1. The molecule has 0 aromatic heterocycles. The van der Waals surface area contributed by atoms with Gasteiger partial charge in [0.05, 0.1) is 23.6 Å². The van der Waals surface area contributed by atoms with E-state index >= 15 is 13.2 Å². The Morgan fingerprint density at radius 1 is 1.21 bits per heavy atom. The maximum Gasteiger partial charge on any atom is 0.410 e. The zero-order valence-corrected chi connectivity index (χ0v) is 20.2. The molecule has 0 aliphatic carbocycles. The van der Waals surface area contributed by atoms with Crippen LogP contribution in [0.2, 0.25) is 0 Å². The topological polar surface area (TPSA) is 58.6 Å². The SMILES string of the molecule is CCS(=O)N[C@@H]1[C@H](Cc2cccc(-c3cccc(F)c3)c2F)N(C(=O)OC(C)(C)C)CC1(F)F. The van der Waals surface area contributed by atoms with Crippen LogP contribution >= 0.6 is 0 Å². The highest BCUT2D eigenvalue weighted by molar-refractivity contribution is 7.83. The van der Waals surface area contributed by atoms with Crippen LogP contribution < -0.4 is 4.72 Å². The van der Waals surface area contributed by atoms with Crippen LogP contribution in [0.4, 0.5) is 22.4 Å². The lowest BCUT2D eigenvalue weighted by atomic mass is 9.95. The van der Waals surface area contributed by atoms with Crippen molar-refractivity contribution in [3.63, 3.8) is 0 Å². The van der Waals surface area contributed by atoms with Gasteiger partial charge in [-0.05, 0) is 50.5 Å². The van der Waals surface area contributed by atoms with E-state index in [4.69, 9.17) is 4.74 Å². The van der Waals surface area contributed by atoms with Gasteiger partial charge < -0.3 is 4.74 Å². The normalized spacial score (nSPS) is 20.9. The molecule has 3 atom stereocenters. The second-order valence-electron chi connectivity index (χ2n) is 9.16. The van der Waals surface area contributed by atoms with Crippen molar-refractivity contribution in [2.24, 2.45) is 0 Å². The van der Waals surface area contributed by atoms with Crippen LogP contribution in [0.5, 0.6) is 0 Å². The molecule has 1 amide bonds. The summed E-state index contributed by atoms with van der Waals surface area (Å²) in [7, 11) is -1.78. The van der Waals surface area contributed by atoms with Gasteiger partial charge in [-0.3, -0.25) is 4.90 Å². The van der Waals surface area contributed by atoms with Gasteiger partial charge in [-0.15, -0.1) is 0 Å². The minimum Gasteiger partial charge on any atom is -0.444 e. The predicted octanol–water partition coefficient (Wildman–Crippen LogP) is 5.07. The molecule has 1 fully saturated rings. The fourth-order valence-electron chi connectivity index (χ4n) is 3.88. The van der Waals surface area contributed by atoms with Crippen LogP contribution in [-0.4, -0.2) is 51.1 Å². The van der Waals surface area contributed by atoms with Crippen LogP contribution in [0.25, 0.3) is 11.1 Å². The second-order valence-corrected chi connectivity index (χ2v) is 10.7. The molecule has 1 unspecified atom stereocenters. The zero-order valence-electron chi connectivity index (χ0n) is 19.4. The number of amides is 1. The molecule has 5 nitrogen and oxygen atoms in total. The number of hydrogen-bond acceptors (Lipinski definition) is 3. The maximum atomic E-state index is 15.5. The van der Waals surface area contributed by atoms with E-state index in [1.807, 2.05) is 0 Å². The van der Waals surface area contributed by atoms with E-state index < -0.39 is 58.9 Å². The van der Waals surface area contributed by atoms with Gasteiger partial charge in [0.25, 0.3) is 5.92 Å². The summed E-state index contributed by atoms with van der Waals surface area (Å²) in [5.74, 6) is -4.60. The van der Waals surface area contributed by atoms with Gasteiger partial charge in [0, 0.05) is 11.3 Å². The zero-order chi connectivity index (χ0) is 25.3. The number of hydrogen-bond donors (Lipinski definition) is 1. The number of alkyl halides is 2. The fourth-order valence-corrected chi connectivity index (χ4v) is 4.66. The first-order valence-electron chi connectivity index (χ1n) is 10.9. The van der Waals surface area contributed by atoms with Gasteiger partial charge in [-0.2, -0.15) is 0 Å². The Labute approximate surface area is 199 Å². The second kappa shape index (κ2) is 10.0. The summed E-state index contributed by atoms with van der Waals surface area (Å²) < 4.78 is 79.0. The van der Waals surface area contributed by atoms with Crippen molar-refractivity contribution in [2.75, 3.05) is 12.3 Å². The van der Waals surface area contributed by atoms with E-state index in [-0.39, 0.29) is 23.3 Å². The third-order valence-electron chi connectivity index (χ3n) is 5.41. The van der Waals surface area contributed by atoms with Crippen LogP contribution in [0.3, 0.4) is 0 Å². The molecule has 34 heavy (non-hydrogen) atoms. The van der Waals surface area contributed by atoms with Crippen molar-refractivity contribution in [2.45, 2.75) is 57.7 Å². The quantitative estimate of drug-likeness (QED) is 0.564. The summed E-state index contributed by atoms with van der Waals surface area (Å²) in [6.45, 7) is 5.43. The Morgan fingerprint density at radius 3 is 2.50 bits per heavy atom. The lowest BCUT2D eigenvalue weighted by molar-refractivity contribution is -0.0120. The molecule has 2 aromatic rings. The molecule has 0 bridgehead atoms. The van der Waals surface area contributed by atoms with Crippen molar-refractivity contribution in [1.29, 1.82) is 0 Å². The highest BCUT2D eigenvalue weighted by Crippen LogP contribution is 2.37. The minimum atomic E-state index is -3.43. The van der Waals surface area contributed by atoms with Crippen molar-refractivity contribution >= 4 is 17.1 Å². The van der Waals surface area contributed by atoms with Gasteiger partial charge in [-0.1, -0.05) is 37.3 Å². The van der Waals surface area contributed by atoms with E-state index in [9.17, 15) is 13.4 Å². The Hall–Kier alpha value is -2.46. The summed E-state index contributed by atoms with van der Waals surface area (Å²) >= 11 is 0. The minimum absolute atomic E-state index is 0.0621.